The molecule has 1 aliphatic rings. The first-order valence-electron chi connectivity index (χ1n) is 6.19. The number of nitrogens with one attached hydrogen (secondary N) is 1. The molecule has 0 saturated carbocycles. The monoisotopic (exact) mass is 332 g/mol. The van der Waals surface area contributed by atoms with Gasteiger partial charge in [-0.2, -0.15) is 0 Å². The Morgan fingerprint density at radius 2 is 1.95 bits per heavy atom. The molecule has 1 aliphatic heterocycles. The maximum absolute atomic E-state index is 12.2. The predicted octanol–water partition coefficient (Wildman–Crippen LogP) is 3.31. The van der Waals surface area contributed by atoms with Gasteiger partial charge in [-0.25, -0.2) is 0 Å². The van der Waals surface area contributed by atoms with Crippen LogP contribution in [0.3, 0.4) is 0 Å². The summed E-state index contributed by atoms with van der Waals surface area (Å²) >= 11 is 3.32. The second-order valence-electron chi connectivity index (χ2n) is 4.67. The zero-order valence-electron chi connectivity index (χ0n) is 10.7. The van der Waals surface area contributed by atoms with Gasteiger partial charge in [0.15, 0.2) is 0 Å². The van der Waals surface area contributed by atoms with E-state index in [1.807, 2.05) is 24.3 Å². The largest absolute Gasteiger partial charge is 0.398 e. The molecular weight excluding hydrogens is 320 g/mol. The lowest BCUT2D eigenvalue weighted by molar-refractivity contribution is 0.102. The molecule has 0 unspecified atom stereocenters. The molecule has 0 aromatic heterocycles. The standard InChI is InChI=1S/C15H13BrN2O2/c16-13-4-3-12(6-14(13)17)18-15(19)9-1-2-10-7-20-8-11(10)5-9/h1-6H,7-8,17H2,(H,18,19). The molecule has 5 heteroatoms. The lowest BCUT2D eigenvalue weighted by Gasteiger charge is -2.08. The van der Waals surface area contributed by atoms with Crippen LogP contribution in [0.1, 0.15) is 21.5 Å². The van der Waals surface area contributed by atoms with E-state index in [0.29, 0.717) is 30.2 Å². The van der Waals surface area contributed by atoms with Gasteiger partial charge in [0.05, 0.1) is 13.2 Å². The number of amides is 1. The molecule has 0 spiro atoms. The number of hydrogen-bond acceptors (Lipinski definition) is 3. The topological polar surface area (TPSA) is 64.3 Å². The van der Waals surface area contributed by atoms with Gasteiger partial charge in [0, 0.05) is 21.4 Å². The Balaban J connectivity index is 1.80. The highest BCUT2D eigenvalue weighted by Crippen LogP contribution is 2.24. The van der Waals surface area contributed by atoms with E-state index >= 15 is 0 Å². The van der Waals surface area contributed by atoms with Crippen LogP contribution in [0.5, 0.6) is 0 Å². The molecule has 2 aromatic carbocycles. The Morgan fingerprint density at radius 3 is 2.75 bits per heavy atom. The molecule has 0 fully saturated rings. The normalized spacial score (nSPS) is 13.1. The van der Waals surface area contributed by atoms with Gasteiger partial charge in [0.25, 0.3) is 5.91 Å². The third-order valence-corrected chi connectivity index (χ3v) is 3.96. The van der Waals surface area contributed by atoms with E-state index in [0.717, 1.165) is 15.6 Å². The van der Waals surface area contributed by atoms with Crippen molar-refractivity contribution < 1.29 is 9.53 Å². The van der Waals surface area contributed by atoms with Crippen molar-refractivity contribution in [3.8, 4) is 0 Å². The number of hydrogen-bond donors (Lipinski definition) is 2. The lowest BCUT2D eigenvalue weighted by atomic mass is 10.1. The maximum atomic E-state index is 12.2. The summed E-state index contributed by atoms with van der Waals surface area (Å²) < 4.78 is 6.15. The number of carbonyl (C=O) groups is 1. The summed E-state index contributed by atoms with van der Waals surface area (Å²) in [4.78, 5) is 12.2. The van der Waals surface area contributed by atoms with E-state index in [1.54, 1.807) is 12.1 Å². The average Bonchev–Trinajstić information content (AvgIpc) is 2.90. The minimum atomic E-state index is -0.151. The molecule has 0 aliphatic carbocycles. The molecule has 2 aromatic rings. The summed E-state index contributed by atoms with van der Waals surface area (Å²) in [6, 6.07) is 11.0. The Labute approximate surface area is 125 Å². The second-order valence-corrected chi connectivity index (χ2v) is 5.52. The Bertz CT molecular complexity index is 686. The highest BCUT2D eigenvalue weighted by atomic mass is 79.9. The molecule has 0 radical (unpaired) electrons. The molecule has 102 valence electrons. The number of benzene rings is 2. The number of rotatable bonds is 2. The maximum Gasteiger partial charge on any atom is 0.255 e. The molecular formula is C15H13BrN2O2. The Hall–Kier alpha value is -1.85. The van der Waals surface area contributed by atoms with Crippen molar-refractivity contribution in [2.75, 3.05) is 11.1 Å². The van der Waals surface area contributed by atoms with Crippen molar-refractivity contribution >= 4 is 33.2 Å². The molecule has 3 N–H and O–H groups in total. The zero-order valence-corrected chi connectivity index (χ0v) is 12.2. The molecule has 0 bridgehead atoms. The third kappa shape index (κ3) is 2.55. The van der Waals surface area contributed by atoms with E-state index in [2.05, 4.69) is 21.2 Å². The molecule has 1 amide bonds. The van der Waals surface area contributed by atoms with E-state index < -0.39 is 0 Å². The third-order valence-electron chi connectivity index (χ3n) is 3.24. The van der Waals surface area contributed by atoms with Crippen molar-refractivity contribution in [2.24, 2.45) is 0 Å². The van der Waals surface area contributed by atoms with Crippen LogP contribution in [0.25, 0.3) is 0 Å². The van der Waals surface area contributed by atoms with Gasteiger partial charge in [-0.05, 0) is 57.4 Å². The first-order valence-corrected chi connectivity index (χ1v) is 6.99. The van der Waals surface area contributed by atoms with Gasteiger partial charge < -0.3 is 15.8 Å². The van der Waals surface area contributed by atoms with Gasteiger partial charge in [-0.1, -0.05) is 6.07 Å². The van der Waals surface area contributed by atoms with Crippen LogP contribution in [-0.4, -0.2) is 5.91 Å². The number of fused-ring (bicyclic) bond motifs is 1. The minimum absolute atomic E-state index is 0.151. The summed E-state index contributed by atoms with van der Waals surface area (Å²) in [7, 11) is 0. The fraction of sp³-hybridized carbons (Fsp3) is 0.133. The van der Waals surface area contributed by atoms with E-state index in [9.17, 15) is 4.79 Å². The van der Waals surface area contributed by atoms with Crippen LogP contribution < -0.4 is 11.1 Å². The van der Waals surface area contributed by atoms with Crippen LogP contribution in [0.2, 0.25) is 0 Å². The fourth-order valence-corrected chi connectivity index (χ4v) is 2.38. The van der Waals surface area contributed by atoms with E-state index in [1.165, 1.54) is 0 Å². The van der Waals surface area contributed by atoms with Crippen LogP contribution in [-0.2, 0) is 18.0 Å². The van der Waals surface area contributed by atoms with Crippen LogP contribution in [0.15, 0.2) is 40.9 Å². The molecule has 1 heterocycles. The van der Waals surface area contributed by atoms with Gasteiger partial charge in [0.2, 0.25) is 0 Å². The van der Waals surface area contributed by atoms with Crippen LogP contribution >= 0.6 is 15.9 Å². The van der Waals surface area contributed by atoms with Gasteiger partial charge in [-0.15, -0.1) is 0 Å². The highest BCUT2D eigenvalue weighted by molar-refractivity contribution is 9.10. The van der Waals surface area contributed by atoms with Gasteiger partial charge >= 0.3 is 0 Å². The number of nitrogens with two attached hydrogens (primary N) is 1. The molecule has 20 heavy (non-hydrogen) atoms. The number of ether oxygens (including phenoxy) is 1. The van der Waals surface area contributed by atoms with Crippen molar-refractivity contribution in [3.63, 3.8) is 0 Å². The Morgan fingerprint density at radius 1 is 1.15 bits per heavy atom. The number of halogens is 1. The van der Waals surface area contributed by atoms with Crippen molar-refractivity contribution in [1.82, 2.24) is 0 Å². The fourth-order valence-electron chi connectivity index (χ4n) is 2.14. The minimum Gasteiger partial charge on any atom is -0.398 e. The summed E-state index contributed by atoms with van der Waals surface area (Å²) in [5, 5.41) is 2.84. The highest BCUT2D eigenvalue weighted by Gasteiger charge is 2.14. The SMILES string of the molecule is Nc1cc(NC(=O)c2ccc3c(c2)COC3)ccc1Br. The summed E-state index contributed by atoms with van der Waals surface area (Å²) in [6.07, 6.45) is 0. The van der Waals surface area contributed by atoms with Crippen molar-refractivity contribution in [2.45, 2.75) is 13.2 Å². The number of nitrogen functional groups attached to an aromatic ring is 1. The molecule has 0 saturated heterocycles. The van der Waals surface area contributed by atoms with Gasteiger partial charge in [0.1, 0.15) is 0 Å². The molecule has 3 rings (SSSR count). The van der Waals surface area contributed by atoms with Crippen molar-refractivity contribution in [3.05, 3.63) is 57.6 Å². The van der Waals surface area contributed by atoms with Crippen LogP contribution in [0, 0.1) is 0 Å². The lowest BCUT2D eigenvalue weighted by Crippen LogP contribution is -2.12. The smallest absolute Gasteiger partial charge is 0.255 e. The zero-order chi connectivity index (χ0) is 14.1. The van der Waals surface area contributed by atoms with Crippen molar-refractivity contribution in [1.29, 1.82) is 0 Å². The van der Waals surface area contributed by atoms with Gasteiger partial charge in [-0.3, -0.25) is 4.79 Å². The molecule has 0 atom stereocenters. The van der Waals surface area contributed by atoms with E-state index in [-0.39, 0.29) is 5.91 Å². The first kappa shape index (κ1) is 13.1. The number of carbonyl (C=O) groups excluding carboxylic acids is 1. The summed E-state index contributed by atoms with van der Waals surface area (Å²) in [6.45, 7) is 1.20. The molecule has 4 nitrogen and oxygen atoms in total. The quantitative estimate of drug-likeness (QED) is 0.829. The second kappa shape index (κ2) is 5.26. The Kier molecular flexibility index (Phi) is 3.46. The average molecular weight is 333 g/mol. The summed E-state index contributed by atoms with van der Waals surface area (Å²) in [5.74, 6) is -0.151. The van der Waals surface area contributed by atoms with Crippen LogP contribution in [0.4, 0.5) is 11.4 Å². The summed E-state index contributed by atoms with van der Waals surface area (Å²) in [5.41, 5.74) is 9.90. The van der Waals surface area contributed by atoms with E-state index in [4.69, 9.17) is 10.5 Å². The first-order chi connectivity index (χ1) is 9.63. The predicted molar refractivity (Wildman–Crippen MR) is 81.4 cm³/mol. The number of anilines is 2.